The fourth-order valence-corrected chi connectivity index (χ4v) is 6.39. The minimum absolute atomic E-state index is 0.0121. The Morgan fingerprint density at radius 3 is 2.53 bits per heavy atom. The average Bonchev–Trinajstić information content (AvgIpc) is 3.39. The Bertz CT molecular complexity index is 794. The molecule has 30 heavy (non-hydrogen) atoms. The first-order valence-corrected chi connectivity index (χ1v) is 11.3. The highest BCUT2D eigenvalue weighted by Crippen LogP contribution is 2.61. The molecular weight excluding hydrogens is 384 g/mol. The third-order valence-corrected chi connectivity index (χ3v) is 7.76. The predicted molar refractivity (Wildman–Crippen MR) is 107 cm³/mol. The summed E-state index contributed by atoms with van der Waals surface area (Å²) in [6, 6.07) is 10.3. The first-order valence-electron chi connectivity index (χ1n) is 11.3. The van der Waals surface area contributed by atoms with Crippen LogP contribution in [0.1, 0.15) is 39.7 Å². The summed E-state index contributed by atoms with van der Waals surface area (Å²) in [5, 5.41) is 0. The Labute approximate surface area is 178 Å². The number of hydrogen-bond donors (Lipinski definition) is 0. The van der Waals surface area contributed by atoms with Crippen molar-refractivity contribution in [2.45, 2.75) is 89.4 Å². The van der Waals surface area contributed by atoms with Crippen molar-refractivity contribution in [2.24, 2.45) is 17.3 Å². The Hall–Kier alpha value is -1.02. The van der Waals surface area contributed by atoms with Crippen LogP contribution in [-0.2, 0) is 35.0 Å². The van der Waals surface area contributed by atoms with Crippen molar-refractivity contribution in [3.05, 3.63) is 35.9 Å². The van der Waals surface area contributed by atoms with Gasteiger partial charge < -0.3 is 28.4 Å². The summed E-state index contributed by atoms with van der Waals surface area (Å²) in [7, 11) is 0. The second-order valence-corrected chi connectivity index (χ2v) is 10.5. The molecule has 6 rings (SSSR count). The standard InChI is InChI=1S/C24H32O6/c1-23(2)18-14(10-15-21(23)27-15)28-22-17(18)20(25-11-13-8-6-5-7-9-13)19-16(29-22)12-26-24(3,4)30-19/h5-9,14-22H,10-12H2,1-4H3/t14-,15?,16+,17+,18-,19+,20+,21?,22-/m0/s1. The molecule has 1 saturated carbocycles. The maximum atomic E-state index is 6.66. The van der Waals surface area contributed by atoms with Crippen LogP contribution in [0.5, 0.6) is 0 Å². The molecule has 1 aromatic carbocycles. The lowest BCUT2D eigenvalue weighted by Crippen LogP contribution is -2.64. The first-order chi connectivity index (χ1) is 14.3. The molecule has 5 aliphatic rings. The van der Waals surface area contributed by atoms with E-state index in [2.05, 4.69) is 26.0 Å². The van der Waals surface area contributed by atoms with Gasteiger partial charge in [-0.05, 0) is 24.8 Å². The number of epoxide rings is 1. The lowest BCUT2D eigenvalue weighted by atomic mass is 9.61. The average molecular weight is 417 g/mol. The fraction of sp³-hybridized carbons (Fsp3) is 0.750. The molecule has 1 aromatic rings. The van der Waals surface area contributed by atoms with Crippen molar-refractivity contribution in [1.82, 2.24) is 0 Å². The lowest BCUT2D eigenvalue weighted by molar-refractivity contribution is -0.374. The monoisotopic (exact) mass is 416 g/mol. The zero-order valence-corrected chi connectivity index (χ0v) is 18.2. The van der Waals surface area contributed by atoms with Gasteiger partial charge in [-0.15, -0.1) is 0 Å². The Morgan fingerprint density at radius 1 is 0.967 bits per heavy atom. The van der Waals surface area contributed by atoms with Gasteiger partial charge in [-0.2, -0.15) is 0 Å². The van der Waals surface area contributed by atoms with Gasteiger partial charge in [0.25, 0.3) is 0 Å². The molecule has 0 spiro atoms. The second-order valence-electron chi connectivity index (χ2n) is 10.5. The van der Waals surface area contributed by atoms with Gasteiger partial charge in [0, 0.05) is 18.3 Å². The molecule has 2 unspecified atom stereocenters. The van der Waals surface area contributed by atoms with Crippen LogP contribution >= 0.6 is 0 Å². The van der Waals surface area contributed by atoms with Gasteiger partial charge >= 0.3 is 0 Å². The summed E-state index contributed by atoms with van der Waals surface area (Å²) in [6.07, 6.45) is 0.929. The van der Waals surface area contributed by atoms with E-state index >= 15 is 0 Å². The second kappa shape index (κ2) is 6.74. The molecular formula is C24H32O6. The van der Waals surface area contributed by atoms with Gasteiger partial charge in [-0.3, -0.25) is 0 Å². The van der Waals surface area contributed by atoms with E-state index in [1.54, 1.807) is 0 Å². The van der Waals surface area contributed by atoms with E-state index < -0.39 is 5.79 Å². The van der Waals surface area contributed by atoms with E-state index in [1.807, 2.05) is 32.0 Å². The zero-order valence-electron chi connectivity index (χ0n) is 18.2. The normalized spacial score (nSPS) is 47.5. The summed E-state index contributed by atoms with van der Waals surface area (Å²) < 4.78 is 37.9. The minimum Gasteiger partial charge on any atom is -0.370 e. The highest BCUT2D eigenvalue weighted by atomic mass is 16.8. The van der Waals surface area contributed by atoms with Crippen LogP contribution < -0.4 is 0 Å². The summed E-state index contributed by atoms with van der Waals surface area (Å²) >= 11 is 0. The number of rotatable bonds is 3. The maximum absolute atomic E-state index is 6.66. The molecule has 0 bridgehead atoms. The van der Waals surface area contributed by atoms with Crippen molar-refractivity contribution < 1.29 is 28.4 Å². The minimum atomic E-state index is -0.655. The van der Waals surface area contributed by atoms with Gasteiger partial charge in [-0.1, -0.05) is 44.2 Å². The van der Waals surface area contributed by atoms with Crippen molar-refractivity contribution in [1.29, 1.82) is 0 Å². The number of benzene rings is 1. The molecule has 6 nitrogen and oxygen atoms in total. The molecule has 5 fully saturated rings. The summed E-state index contributed by atoms with van der Waals surface area (Å²) in [4.78, 5) is 0. The van der Waals surface area contributed by atoms with E-state index in [0.29, 0.717) is 31.3 Å². The summed E-state index contributed by atoms with van der Waals surface area (Å²) in [5.41, 5.74) is 1.17. The van der Waals surface area contributed by atoms with Crippen LogP contribution in [0.3, 0.4) is 0 Å². The molecule has 6 heteroatoms. The van der Waals surface area contributed by atoms with Crippen LogP contribution in [0.15, 0.2) is 30.3 Å². The van der Waals surface area contributed by atoms with Crippen LogP contribution in [0.4, 0.5) is 0 Å². The van der Waals surface area contributed by atoms with E-state index in [4.69, 9.17) is 28.4 Å². The first kappa shape index (κ1) is 19.6. The summed E-state index contributed by atoms with van der Waals surface area (Å²) in [6.45, 7) is 9.59. The van der Waals surface area contributed by atoms with Gasteiger partial charge in [0.2, 0.25) is 0 Å². The highest BCUT2D eigenvalue weighted by Gasteiger charge is 2.69. The number of hydrogen-bond acceptors (Lipinski definition) is 6. The molecule has 0 amide bonds. The lowest BCUT2D eigenvalue weighted by Gasteiger charge is -2.51. The van der Waals surface area contributed by atoms with E-state index in [1.165, 1.54) is 0 Å². The molecule has 0 radical (unpaired) electrons. The molecule has 0 N–H and O–H groups in total. The predicted octanol–water partition coefficient (Wildman–Crippen LogP) is 3.28. The SMILES string of the molecule is CC1(C)OC[C@H]2O[C@@H]3O[C@H]4CC5OC5C(C)(C)[C@@H]4[C@@H]3[C@@H](OCc3ccccc3)[C@@H]2O1. The van der Waals surface area contributed by atoms with Crippen LogP contribution in [-0.4, -0.2) is 55.3 Å². The van der Waals surface area contributed by atoms with Crippen molar-refractivity contribution in [3.8, 4) is 0 Å². The van der Waals surface area contributed by atoms with Crippen molar-refractivity contribution in [3.63, 3.8) is 0 Å². The third-order valence-electron chi connectivity index (χ3n) is 7.76. The Morgan fingerprint density at radius 2 is 1.73 bits per heavy atom. The van der Waals surface area contributed by atoms with Gasteiger partial charge in [0.15, 0.2) is 12.1 Å². The van der Waals surface area contributed by atoms with Gasteiger partial charge in [0.05, 0.1) is 37.6 Å². The summed E-state index contributed by atoms with van der Waals surface area (Å²) in [5.74, 6) is -0.242. The molecule has 164 valence electrons. The fourth-order valence-electron chi connectivity index (χ4n) is 6.39. The van der Waals surface area contributed by atoms with Gasteiger partial charge in [-0.25, -0.2) is 0 Å². The van der Waals surface area contributed by atoms with E-state index in [0.717, 1.165) is 12.0 Å². The molecule has 4 aliphatic heterocycles. The number of ether oxygens (including phenoxy) is 6. The van der Waals surface area contributed by atoms with Crippen molar-refractivity contribution in [2.75, 3.05) is 6.61 Å². The molecule has 1 aliphatic carbocycles. The Balaban J connectivity index is 1.33. The van der Waals surface area contributed by atoms with Crippen molar-refractivity contribution >= 4 is 0 Å². The quantitative estimate of drug-likeness (QED) is 0.705. The smallest absolute Gasteiger partial charge is 0.164 e. The van der Waals surface area contributed by atoms with Crippen LogP contribution in [0, 0.1) is 17.3 Å². The third kappa shape index (κ3) is 3.07. The van der Waals surface area contributed by atoms with Crippen LogP contribution in [0.2, 0.25) is 0 Å². The molecule has 4 heterocycles. The van der Waals surface area contributed by atoms with E-state index in [-0.39, 0.29) is 42.0 Å². The topological polar surface area (TPSA) is 58.7 Å². The van der Waals surface area contributed by atoms with Crippen LogP contribution in [0.25, 0.3) is 0 Å². The maximum Gasteiger partial charge on any atom is 0.164 e. The largest absolute Gasteiger partial charge is 0.370 e. The number of fused-ring (bicyclic) bond motifs is 5. The van der Waals surface area contributed by atoms with E-state index in [9.17, 15) is 0 Å². The molecule has 9 atom stereocenters. The highest BCUT2D eigenvalue weighted by molar-refractivity contribution is 5.16. The zero-order chi connectivity index (χ0) is 20.7. The molecule has 0 aromatic heterocycles. The molecule has 4 saturated heterocycles. The van der Waals surface area contributed by atoms with Gasteiger partial charge in [0.1, 0.15) is 12.2 Å². The Kier molecular flexibility index (Phi) is 4.41.